The number of phenols is 1. The summed E-state index contributed by atoms with van der Waals surface area (Å²) < 4.78 is 0.417. The molecule has 3 rings (SSSR count). The Bertz CT molecular complexity index is 857. The maximum absolute atomic E-state index is 12.7. The Kier molecular flexibility index (Phi) is 4.83. The molecule has 1 heterocycles. The third-order valence-corrected chi connectivity index (χ3v) is 4.77. The molecule has 0 unspecified atom stereocenters. The summed E-state index contributed by atoms with van der Waals surface area (Å²) >= 11 is 6.56. The van der Waals surface area contributed by atoms with E-state index < -0.39 is 0 Å². The second-order valence-electron chi connectivity index (χ2n) is 5.30. The Labute approximate surface area is 150 Å². The zero-order valence-corrected chi connectivity index (χ0v) is 14.6. The average Bonchev–Trinajstić information content (AvgIpc) is 2.83. The van der Waals surface area contributed by atoms with E-state index in [2.05, 4.69) is 0 Å². The molecule has 0 atom stereocenters. The SMILES string of the molecule is CC(/C=C1\SC(=S)N(c2ccccc2O)C1=O)=C\c1ccccc1. The third-order valence-electron chi connectivity index (χ3n) is 3.47. The number of aromatic hydroxyl groups is 1. The first-order chi connectivity index (χ1) is 11.6. The maximum atomic E-state index is 12.7. The van der Waals surface area contributed by atoms with Gasteiger partial charge in [0.2, 0.25) is 0 Å². The first kappa shape index (κ1) is 16.5. The van der Waals surface area contributed by atoms with E-state index in [-0.39, 0.29) is 11.7 Å². The molecule has 0 saturated carbocycles. The van der Waals surface area contributed by atoms with Gasteiger partial charge in [-0.3, -0.25) is 9.69 Å². The molecule has 1 amide bonds. The number of nitrogens with zero attached hydrogens (tertiary/aromatic N) is 1. The van der Waals surface area contributed by atoms with Crippen LogP contribution < -0.4 is 4.90 Å². The van der Waals surface area contributed by atoms with E-state index in [0.29, 0.717) is 14.9 Å². The van der Waals surface area contributed by atoms with Gasteiger partial charge in [0.1, 0.15) is 5.75 Å². The molecule has 1 fully saturated rings. The number of allylic oxidation sites excluding steroid dienone is 2. The molecule has 1 aliphatic heterocycles. The lowest BCUT2D eigenvalue weighted by molar-refractivity contribution is -0.113. The van der Waals surface area contributed by atoms with E-state index in [4.69, 9.17) is 12.2 Å². The number of anilines is 1. The molecular weight excluding hydrogens is 338 g/mol. The predicted molar refractivity (Wildman–Crippen MR) is 104 cm³/mol. The summed E-state index contributed by atoms with van der Waals surface area (Å²) in [7, 11) is 0. The number of carbonyl (C=O) groups is 1. The summed E-state index contributed by atoms with van der Waals surface area (Å²) in [6, 6.07) is 16.6. The normalized spacial score (nSPS) is 17.0. The molecule has 2 aromatic rings. The summed E-state index contributed by atoms with van der Waals surface area (Å²) in [5.74, 6) is -0.182. The van der Waals surface area contributed by atoms with Crippen molar-refractivity contribution in [2.75, 3.05) is 4.90 Å². The molecule has 5 heteroatoms. The van der Waals surface area contributed by atoms with Crippen molar-refractivity contribution >= 4 is 46.0 Å². The van der Waals surface area contributed by atoms with Gasteiger partial charge in [-0.2, -0.15) is 0 Å². The smallest absolute Gasteiger partial charge is 0.270 e. The van der Waals surface area contributed by atoms with Gasteiger partial charge in [0.25, 0.3) is 5.91 Å². The molecule has 1 aliphatic rings. The van der Waals surface area contributed by atoms with Gasteiger partial charge in [0.05, 0.1) is 10.6 Å². The maximum Gasteiger partial charge on any atom is 0.270 e. The van der Waals surface area contributed by atoms with Gasteiger partial charge in [0, 0.05) is 0 Å². The van der Waals surface area contributed by atoms with Gasteiger partial charge in [0.15, 0.2) is 4.32 Å². The zero-order valence-electron chi connectivity index (χ0n) is 13.0. The lowest BCUT2D eigenvalue weighted by Gasteiger charge is -2.15. The van der Waals surface area contributed by atoms with Crippen LogP contribution in [0.25, 0.3) is 6.08 Å². The number of benzene rings is 2. The van der Waals surface area contributed by atoms with Gasteiger partial charge >= 0.3 is 0 Å². The molecular formula is C19H15NO2S2. The van der Waals surface area contributed by atoms with Gasteiger partial charge in [-0.05, 0) is 36.3 Å². The summed E-state index contributed by atoms with van der Waals surface area (Å²) in [5, 5.41) is 9.98. The van der Waals surface area contributed by atoms with Gasteiger partial charge in [-0.15, -0.1) is 0 Å². The predicted octanol–water partition coefficient (Wildman–Crippen LogP) is 4.74. The quantitative estimate of drug-likeness (QED) is 0.639. The Balaban J connectivity index is 1.89. The number of rotatable bonds is 3. The lowest BCUT2D eigenvalue weighted by Crippen LogP contribution is -2.27. The lowest BCUT2D eigenvalue weighted by atomic mass is 10.1. The van der Waals surface area contributed by atoms with Crippen LogP contribution in [0.15, 0.2) is 71.2 Å². The first-order valence-corrected chi connectivity index (χ1v) is 8.58. The number of hydrogen-bond donors (Lipinski definition) is 1. The molecule has 0 aromatic heterocycles. The molecule has 1 N–H and O–H groups in total. The van der Waals surface area contributed by atoms with Crippen LogP contribution in [-0.4, -0.2) is 15.3 Å². The van der Waals surface area contributed by atoms with Gasteiger partial charge in [-0.1, -0.05) is 72.5 Å². The summed E-state index contributed by atoms with van der Waals surface area (Å²) in [4.78, 5) is 14.6. The molecule has 2 aromatic carbocycles. The van der Waals surface area contributed by atoms with Crippen molar-refractivity contribution in [1.29, 1.82) is 0 Å². The van der Waals surface area contributed by atoms with Crippen LogP contribution in [0.5, 0.6) is 5.75 Å². The Morgan fingerprint density at radius 2 is 1.79 bits per heavy atom. The number of para-hydroxylation sites is 2. The van der Waals surface area contributed by atoms with Crippen LogP contribution >= 0.6 is 24.0 Å². The summed E-state index contributed by atoms with van der Waals surface area (Å²) in [5.41, 5.74) is 2.44. The molecule has 0 spiro atoms. The highest BCUT2D eigenvalue weighted by molar-refractivity contribution is 8.27. The van der Waals surface area contributed by atoms with Crippen molar-refractivity contribution < 1.29 is 9.90 Å². The summed E-state index contributed by atoms with van der Waals surface area (Å²) in [6.45, 7) is 1.94. The van der Waals surface area contributed by atoms with Crippen LogP contribution in [0.1, 0.15) is 12.5 Å². The van der Waals surface area contributed by atoms with Crippen molar-refractivity contribution in [3.05, 3.63) is 76.7 Å². The average molecular weight is 353 g/mol. The third kappa shape index (κ3) is 3.42. The number of thioether (sulfide) groups is 1. The fourth-order valence-electron chi connectivity index (χ4n) is 2.39. The first-order valence-electron chi connectivity index (χ1n) is 7.35. The molecule has 0 radical (unpaired) electrons. The highest BCUT2D eigenvalue weighted by atomic mass is 32.2. The molecule has 24 heavy (non-hydrogen) atoms. The molecule has 3 nitrogen and oxygen atoms in total. The van der Waals surface area contributed by atoms with E-state index in [1.807, 2.05) is 49.4 Å². The number of thiocarbonyl (C=S) groups is 1. The highest BCUT2D eigenvalue weighted by Crippen LogP contribution is 2.39. The minimum atomic E-state index is -0.215. The van der Waals surface area contributed by atoms with E-state index in [9.17, 15) is 9.90 Å². The number of carbonyl (C=O) groups excluding carboxylic acids is 1. The largest absolute Gasteiger partial charge is 0.506 e. The highest BCUT2D eigenvalue weighted by Gasteiger charge is 2.34. The monoisotopic (exact) mass is 353 g/mol. The molecule has 120 valence electrons. The second kappa shape index (κ2) is 7.03. The van der Waals surface area contributed by atoms with Crippen LogP contribution in [-0.2, 0) is 4.79 Å². The van der Waals surface area contributed by atoms with Crippen molar-refractivity contribution in [3.63, 3.8) is 0 Å². The van der Waals surface area contributed by atoms with E-state index in [0.717, 1.165) is 11.1 Å². The second-order valence-corrected chi connectivity index (χ2v) is 6.98. The van der Waals surface area contributed by atoms with Crippen molar-refractivity contribution in [2.45, 2.75) is 6.92 Å². The van der Waals surface area contributed by atoms with E-state index in [1.54, 1.807) is 18.2 Å². The zero-order chi connectivity index (χ0) is 17.1. The Morgan fingerprint density at radius 3 is 2.50 bits per heavy atom. The minimum Gasteiger partial charge on any atom is -0.506 e. The van der Waals surface area contributed by atoms with Crippen molar-refractivity contribution in [1.82, 2.24) is 0 Å². The Morgan fingerprint density at radius 1 is 1.12 bits per heavy atom. The topological polar surface area (TPSA) is 40.5 Å². The van der Waals surface area contributed by atoms with Crippen LogP contribution in [0.3, 0.4) is 0 Å². The molecule has 0 bridgehead atoms. The number of hydrogen-bond acceptors (Lipinski definition) is 4. The summed E-state index contributed by atoms with van der Waals surface area (Å²) in [6.07, 6.45) is 3.83. The fourth-order valence-corrected chi connectivity index (χ4v) is 3.72. The molecule has 0 aliphatic carbocycles. The Hall–Kier alpha value is -2.37. The van der Waals surface area contributed by atoms with Gasteiger partial charge < -0.3 is 5.11 Å². The van der Waals surface area contributed by atoms with Crippen molar-refractivity contribution in [2.24, 2.45) is 0 Å². The van der Waals surface area contributed by atoms with Crippen LogP contribution in [0, 0.1) is 0 Å². The van der Waals surface area contributed by atoms with E-state index in [1.165, 1.54) is 22.7 Å². The fraction of sp³-hybridized carbons (Fsp3) is 0.0526. The number of amides is 1. The number of phenolic OH excluding ortho intramolecular Hbond substituents is 1. The molecule has 1 saturated heterocycles. The van der Waals surface area contributed by atoms with Crippen LogP contribution in [0.2, 0.25) is 0 Å². The minimum absolute atomic E-state index is 0.0339. The standard InChI is InChI=1S/C19H15NO2S2/c1-13(11-14-7-3-2-4-8-14)12-17-18(22)20(19(23)24-17)15-9-5-6-10-16(15)21/h2-12,21H,1H3/b13-11+,17-12-. The van der Waals surface area contributed by atoms with Crippen molar-refractivity contribution in [3.8, 4) is 5.75 Å². The van der Waals surface area contributed by atoms with Crippen LogP contribution in [0.4, 0.5) is 5.69 Å². The van der Waals surface area contributed by atoms with E-state index >= 15 is 0 Å². The van der Waals surface area contributed by atoms with Gasteiger partial charge in [-0.25, -0.2) is 0 Å².